The van der Waals surface area contributed by atoms with Crippen molar-refractivity contribution in [3.8, 4) is 0 Å². The summed E-state index contributed by atoms with van der Waals surface area (Å²) in [5.74, 6) is 1.64. The number of aryl methyl sites for hydroxylation is 2. The highest BCUT2D eigenvalue weighted by Gasteiger charge is 2.06. The van der Waals surface area contributed by atoms with Gasteiger partial charge in [0.05, 0.1) is 0 Å². The van der Waals surface area contributed by atoms with Gasteiger partial charge >= 0.3 is 0 Å². The predicted molar refractivity (Wildman–Crippen MR) is 66.9 cm³/mol. The van der Waals surface area contributed by atoms with Gasteiger partial charge in [0.15, 0.2) is 5.43 Å². The summed E-state index contributed by atoms with van der Waals surface area (Å²) in [6.07, 6.45) is 6.47. The summed E-state index contributed by atoms with van der Waals surface area (Å²) in [5, 5.41) is 0. The summed E-state index contributed by atoms with van der Waals surface area (Å²) in [6.45, 7) is 6.07. The molecule has 0 aliphatic rings. The Morgan fingerprint density at radius 1 is 1.19 bits per heavy atom. The zero-order valence-corrected chi connectivity index (χ0v) is 10.6. The lowest BCUT2D eigenvalue weighted by atomic mass is 10.1. The second-order valence-corrected chi connectivity index (χ2v) is 4.28. The normalized spacial score (nSPS) is 10.7. The van der Waals surface area contributed by atoms with Crippen molar-refractivity contribution in [3.63, 3.8) is 0 Å². The Morgan fingerprint density at radius 3 is 2.50 bits per heavy atom. The number of hydrogen-bond donors (Lipinski definition) is 0. The van der Waals surface area contributed by atoms with Crippen molar-refractivity contribution in [2.45, 2.75) is 59.3 Å². The van der Waals surface area contributed by atoms with Crippen LogP contribution in [0.2, 0.25) is 0 Å². The van der Waals surface area contributed by atoms with Gasteiger partial charge in [-0.15, -0.1) is 0 Å². The lowest BCUT2D eigenvalue weighted by Crippen LogP contribution is -2.10. The lowest BCUT2D eigenvalue weighted by Gasteiger charge is -2.05. The molecule has 2 heteroatoms. The molecule has 90 valence electrons. The van der Waals surface area contributed by atoms with Crippen molar-refractivity contribution in [1.82, 2.24) is 0 Å². The van der Waals surface area contributed by atoms with E-state index in [4.69, 9.17) is 4.42 Å². The zero-order valence-electron chi connectivity index (χ0n) is 10.6. The van der Waals surface area contributed by atoms with E-state index in [0.29, 0.717) is 0 Å². The van der Waals surface area contributed by atoms with E-state index in [0.717, 1.165) is 36.3 Å². The highest BCUT2D eigenvalue weighted by Crippen LogP contribution is 2.11. The van der Waals surface area contributed by atoms with Crippen LogP contribution in [0.25, 0.3) is 0 Å². The molecule has 0 aliphatic carbocycles. The van der Waals surface area contributed by atoms with Crippen LogP contribution in [0.3, 0.4) is 0 Å². The Kier molecular flexibility index (Phi) is 5.30. The third-order valence-corrected chi connectivity index (χ3v) is 2.93. The van der Waals surface area contributed by atoms with E-state index >= 15 is 0 Å². The van der Waals surface area contributed by atoms with E-state index in [1.807, 2.05) is 13.8 Å². The van der Waals surface area contributed by atoms with Crippen LogP contribution in [-0.2, 0) is 12.8 Å². The molecule has 0 atom stereocenters. The highest BCUT2D eigenvalue weighted by atomic mass is 16.3. The first-order chi connectivity index (χ1) is 7.69. The smallest absolute Gasteiger partial charge is 0.188 e. The minimum Gasteiger partial charge on any atom is -0.466 e. The summed E-state index contributed by atoms with van der Waals surface area (Å²) >= 11 is 0. The van der Waals surface area contributed by atoms with Gasteiger partial charge in [-0.25, -0.2) is 0 Å². The fraction of sp³-hybridized carbons (Fsp3) is 0.643. The molecule has 0 aliphatic heterocycles. The SMILES string of the molecule is CCCCCCc1cc(=O)c(CC)c(C)o1. The Labute approximate surface area is 97.7 Å². The van der Waals surface area contributed by atoms with E-state index in [1.165, 1.54) is 19.3 Å². The second-order valence-electron chi connectivity index (χ2n) is 4.28. The fourth-order valence-electron chi connectivity index (χ4n) is 1.97. The van der Waals surface area contributed by atoms with Crippen LogP contribution in [0, 0.1) is 6.92 Å². The van der Waals surface area contributed by atoms with Crippen molar-refractivity contribution >= 4 is 0 Å². The topological polar surface area (TPSA) is 30.2 Å². The minimum absolute atomic E-state index is 0.136. The number of rotatable bonds is 6. The summed E-state index contributed by atoms with van der Waals surface area (Å²) < 4.78 is 5.66. The van der Waals surface area contributed by atoms with Gasteiger partial charge in [-0.2, -0.15) is 0 Å². The maximum absolute atomic E-state index is 11.7. The van der Waals surface area contributed by atoms with Crippen molar-refractivity contribution in [2.75, 3.05) is 0 Å². The molecule has 1 aromatic rings. The largest absolute Gasteiger partial charge is 0.466 e. The number of hydrogen-bond acceptors (Lipinski definition) is 2. The molecule has 2 nitrogen and oxygen atoms in total. The second kappa shape index (κ2) is 6.51. The summed E-state index contributed by atoms with van der Waals surface area (Å²) in [7, 11) is 0. The Morgan fingerprint density at radius 2 is 1.94 bits per heavy atom. The number of unbranched alkanes of at least 4 members (excludes halogenated alkanes) is 3. The Balaban J connectivity index is 2.65. The van der Waals surface area contributed by atoms with Crippen LogP contribution >= 0.6 is 0 Å². The monoisotopic (exact) mass is 222 g/mol. The first kappa shape index (κ1) is 13.0. The molecule has 0 N–H and O–H groups in total. The molecule has 0 fully saturated rings. The predicted octanol–water partition coefficient (Wildman–Crippen LogP) is 3.63. The minimum atomic E-state index is 0.136. The molecule has 0 spiro atoms. The molecular formula is C14H22O2. The lowest BCUT2D eigenvalue weighted by molar-refractivity contribution is 0.447. The quantitative estimate of drug-likeness (QED) is 0.688. The van der Waals surface area contributed by atoms with Gasteiger partial charge in [-0.3, -0.25) is 4.79 Å². The van der Waals surface area contributed by atoms with Gasteiger partial charge in [0.2, 0.25) is 0 Å². The first-order valence-corrected chi connectivity index (χ1v) is 6.31. The first-order valence-electron chi connectivity index (χ1n) is 6.31. The van der Waals surface area contributed by atoms with Crippen LogP contribution < -0.4 is 5.43 Å². The van der Waals surface area contributed by atoms with Gasteiger partial charge in [0, 0.05) is 18.1 Å². The standard InChI is InChI=1S/C14H22O2/c1-4-6-7-8-9-12-10-14(15)13(5-2)11(3)16-12/h10H,4-9H2,1-3H3. The molecule has 16 heavy (non-hydrogen) atoms. The summed E-state index contributed by atoms with van der Waals surface area (Å²) in [5.41, 5.74) is 0.953. The van der Waals surface area contributed by atoms with E-state index in [-0.39, 0.29) is 5.43 Å². The molecule has 0 saturated heterocycles. The van der Waals surface area contributed by atoms with Gasteiger partial charge in [0.25, 0.3) is 0 Å². The van der Waals surface area contributed by atoms with Crippen LogP contribution in [0.5, 0.6) is 0 Å². The zero-order chi connectivity index (χ0) is 12.0. The molecule has 1 aromatic heterocycles. The highest BCUT2D eigenvalue weighted by molar-refractivity contribution is 5.18. The van der Waals surface area contributed by atoms with Gasteiger partial charge in [0.1, 0.15) is 11.5 Å². The Hall–Kier alpha value is -1.05. The van der Waals surface area contributed by atoms with E-state index in [2.05, 4.69) is 6.92 Å². The average molecular weight is 222 g/mol. The average Bonchev–Trinajstić information content (AvgIpc) is 2.24. The molecule has 0 unspecified atom stereocenters. The van der Waals surface area contributed by atoms with Crippen LogP contribution in [-0.4, -0.2) is 0 Å². The van der Waals surface area contributed by atoms with E-state index < -0.39 is 0 Å². The van der Waals surface area contributed by atoms with Gasteiger partial charge < -0.3 is 4.42 Å². The molecule has 0 radical (unpaired) electrons. The third-order valence-electron chi connectivity index (χ3n) is 2.93. The molecule has 1 heterocycles. The molecule has 0 saturated carbocycles. The maximum Gasteiger partial charge on any atom is 0.188 e. The maximum atomic E-state index is 11.7. The fourth-order valence-corrected chi connectivity index (χ4v) is 1.97. The van der Waals surface area contributed by atoms with Crippen LogP contribution in [0.15, 0.2) is 15.3 Å². The van der Waals surface area contributed by atoms with E-state index in [1.54, 1.807) is 6.07 Å². The Bertz CT molecular complexity index is 377. The van der Waals surface area contributed by atoms with Crippen molar-refractivity contribution in [2.24, 2.45) is 0 Å². The van der Waals surface area contributed by atoms with Crippen LogP contribution in [0.1, 0.15) is 56.6 Å². The summed E-state index contributed by atoms with van der Waals surface area (Å²) in [4.78, 5) is 11.7. The van der Waals surface area contributed by atoms with Gasteiger partial charge in [-0.05, 0) is 19.8 Å². The summed E-state index contributed by atoms with van der Waals surface area (Å²) in [6, 6.07) is 1.66. The van der Waals surface area contributed by atoms with Crippen molar-refractivity contribution < 1.29 is 4.42 Å². The van der Waals surface area contributed by atoms with E-state index in [9.17, 15) is 4.79 Å². The van der Waals surface area contributed by atoms with Crippen LogP contribution in [0.4, 0.5) is 0 Å². The molecule has 1 rings (SSSR count). The molecule has 0 aromatic carbocycles. The van der Waals surface area contributed by atoms with Gasteiger partial charge in [-0.1, -0.05) is 33.1 Å². The molecule has 0 bridgehead atoms. The van der Waals surface area contributed by atoms with Crippen molar-refractivity contribution in [3.05, 3.63) is 33.4 Å². The van der Waals surface area contributed by atoms with Crippen molar-refractivity contribution in [1.29, 1.82) is 0 Å². The third kappa shape index (κ3) is 3.51. The molecule has 0 amide bonds. The molecular weight excluding hydrogens is 200 g/mol.